The number of pyridine rings is 1. The lowest BCUT2D eigenvalue weighted by atomic mass is 10.3. The molecular weight excluding hydrogens is 216 g/mol. The van der Waals surface area contributed by atoms with Crippen molar-refractivity contribution < 1.29 is 4.74 Å². The monoisotopic (exact) mass is 224 g/mol. The van der Waals surface area contributed by atoms with Gasteiger partial charge >= 0.3 is 0 Å². The number of ether oxygens (including phenoxy) is 1. The minimum atomic E-state index is 0.402. The van der Waals surface area contributed by atoms with E-state index in [0.717, 1.165) is 0 Å². The van der Waals surface area contributed by atoms with Gasteiger partial charge < -0.3 is 10.5 Å². The van der Waals surface area contributed by atoms with Gasteiger partial charge in [0.1, 0.15) is 17.2 Å². The van der Waals surface area contributed by atoms with E-state index >= 15 is 0 Å². The van der Waals surface area contributed by atoms with Crippen molar-refractivity contribution in [3.8, 4) is 11.4 Å². The Morgan fingerprint density at radius 2 is 2.27 bits per heavy atom. The minimum absolute atomic E-state index is 0.402. The molecule has 0 saturated heterocycles. The fourth-order valence-electron chi connectivity index (χ4n) is 1.29. The number of nitrogens with two attached hydrogens (primary N) is 1. The van der Waals surface area contributed by atoms with Gasteiger partial charge in [0.15, 0.2) is 5.75 Å². The van der Waals surface area contributed by atoms with Gasteiger partial charge in [-0.05, 0) is 0 Å². The standard InChI is InChI=1S/C9H9ClN4O/c1-15-9-6(11)2-12-3-7(9)14-4-8(10)13-5-14/h2-5H,11H2,1H3. The summed E-state index contributed by atoms with van der Waals surface area (Å²) in [6.07, 6.45) is 6.38. The second-order valence-corrected chi connectivity index (χ2v) is 3.27. The van der Waals surface area contributed by atoms with Gasteiger partial charge in [0.2, 0.25) is 0 Å². The van der Waals surface area contributed by atoms with Crippen molar-refractivity contribution in [2.75, 3.05) is 12.8 Å². The summed E-state index contributed by atoms with van der Waals surface area (Å²) in [5.74, 6) is 0.555. The summed E-state index contributed by atoms with van der Waals surface area (Å²) in [5, 5.41) is 0.402. The molecular formula is C9H9ClN4O. The molecule has 0 bridgehead atoms. The van der Waals surface area contributed by atoms with Crippen LogP contribution in [-0.4, -0.2) is 21.6 Å². The Kier molecular flexibility index (Phi) is 2.47. The van der Waals surface area contributed by atoms with Crippen molar-refractivity contribution in [3.63, 3.8) is 0 Å². The first-order chi connectivity index (χ1) is 7.22. The molecule has 6 heteroatoms. The molecule has 0 radical (unpaired) electrons. The quantitative estimate of drug-likeness (QED) is 0.840. The molecule has 2 rings (SSSR count). The molecule has 0 spiro atoms. The van der Waals surface area contributed by atoms with Gasteiger partial charge in [-0.25, -0.2) is 4.98 Å². The van der Waals surface area contributed by atoms with E-state index in [4.69, 9.17) is 22.1 Å². The smallest absolute Gasteiger partial charge is 0.168 e. The summed E-state index contributed by atoms with van der Waals surface area (Å²) < 4.78 is 6.88. The Labute approximate surface area is 91.5 Å². The summed E-state index contributed by atoms with van der Waals surface area (Å²) in [5.41, 5.74) is 6.90. The van der Waals surface area contributed by atoms with Gasteiger partial charge in [-0.1, -0.05) is 11.6 Å². The van der Waals surface area contributed by atoms with Crippen LogP contribution in [0.4, 0.5) is 5.69 Å². The van der Waals surface area contributed by atoms with Crippen molar-refractivity contribution >= 4 is 17.3 Å². The van der Waals surface area contributed by atoms with Crippen LogP contribution in [0.2, 0.25) is 5.15 Å². The van der Waals surface area contributed by atoms with Gasteiger partial charge in [-0.3, -0.25) is 9.55 Å². The minimum Gasteiger partial charge on any atom is -0.492 e. The molecule has 0 aromatic carbocycles. The number of hydrogen-bond acceptors (Lipinski definition) is 4. The fraction of sp³-hybridized carbons (Fsp3) is 0.111. The highest BCUT2D eigenvalue weighted by molar-refractivity contribution is 6.29. The van der Waals surface area contributed by atoms with Gasteiger partial charge in [0.05, 0.1) is 25.2 Å². The second kappa shape index (κ2) is 3.78. The molecule has 0 amide bonds. The molecule has 0 saturated carbocycles. The maximum atomic E-state index is 5.72. The number of imidazole rings is 1. The number of methoxy groups -OCH3 is 1. The number of nitrogen functional groups attached to an aromatic ring is 1. The van der Waals surface area contributed by atoms with Crippen LogP contribution in [0.5, 0.6) is 5.75 Å². The van der Waals surface area contributed by atoms with Crippen molar-refractivity contribution in [1.82, 2.24) is 14.5 Å². The predicted molar refractivity (Wildman–Crippen MR) is 57.3 cm³/mol. The van der Waals surface area contributed by atoms with Crippen LogP contribution < -0.4 is 10.5 Å². The van der Waals surface area contributed by atoms with E-state index in [1.54, 1.807) is 30.4 Å². The number of rotatable bonds is 2. The molecule has 0 aliphatic heterocycles. The lowest BCUT2D eigenvalue weighted by Gasteiger charge is -2.09. The third-order valence-electron chi connectivity index (χ3n) is 1.94. The Balaban J connectivity index is 2.57. The fourth-order valence-corrected chi connectivity index (χ4v) is 1.44. The summed E-state index contributed by atoms with van der Waals surface area (Å²) >= 11 is 5.72. The molecule has 2 heterocycles. The third kappa shape index (κ3) is 1.73. The van der Waals surface area contributed by atoms with Gasteiger partial charge in [0.25, 0.3) is 0 Å². The molecule has 0 aliphatic carbocycles. The molecule has 0 fully saturated rings. The summed E-state index contributed by atoms with van der Waals surface area (Å²) in [7, 11) is 1.55. The lowest BCUT2D eigenvalue weighted by molar-refractivity contribution is 0.414. The highest BCUT2D eigenvalue weighted by Crippen LogP contribution is 2.28. The topological polar surface area (TPSA) is 66.0 Å². The van der Waals surface area contributed by atoms with E-state index in [-0.39, 0.29) is 0 Å². The normalized spacial score (nSPS) is 10.3. The first-order valence-corrected chi connectivity index (χ1v) is 4.57. The second-order valence-electron chi connectivity index (χ2n) is 2.88. The molecule has 78 valence electrons. The maximum Gasteiger partial charge on any atom is 0.168 e. The number of aromatic nitrogens is 3. The first kappa shape index (κ1) is 9.79. The Hall–Kier alpha value is -1.75. The number of hydrogen-bond donors (Lipinski definition) is 1. The summed E-state index contributed by atoms with van der Waals surface area (Å²) in [4.78, 5) is 7.88. The zero-order valence-electron chi connectivity index (χ0n) is 8.01. The zero-order valence-corrected chi connectivity index (χ0v) is 8.77. The van der Waals surface area contributed by atoms with Crippen LogP contribution in [-0.2, 0) is 0 Å². The van der Waals surface area contributed by atoms with E-state index in [0.29, 0.717) is 22.3 Å². The molecule has 2 N–H and O–H groups in total. The van der Waals surface area contributed by atoms with E-state index in [9.17, 15) is 0 Å². The molecule has 2 aromatic heterocycles. The molecule has 0 unspecified atom stereocenters. The van der Waals surface area contributed by atoms with Gasteiger partial charge in [-0.15, -0.1) is 0 Å². The van der Waals surface area contributed by atoms with Crippen molar-refractivity contribution in [2.45, 2.75) is 0 Å². The predicted octanol–water partition coefficient (Wildman–Crippen LogP) is 1.51. The SMILES string of the molecule is COc1c(N)cncc1-n1cnc(Cl)c1. The molecule has 2 aromatic rings. The van der Waals surface area contributed by atoms with Crippen LogP contribution in [0.25, 0.3) is 5.69 Å². The Bertz CT molecular complexity index is 483. The lowest BCUT2D eigenvalue weighted by Crippen LogP contribution is -2.00. The van der Waals surface area contributed by atoms with Crippen LogP contribution in [0.1, 0.15) is 0 Å². The van der Waals surface area contributed by atoms with E-state index in [1.807, 2.05) is 0 Å². The van der Waals surface area contributed by atoms with E-state index in [2.05, 4.69) is 9.97 Å². The molecule has 0 atom stereocenters. The summed E-state index contributed by atoms with van der Waals surface area (Å²) in [6.45, 7) is 0. The largest absolute Gasteiger partial charge is 0.492 e. The third-order valence-corrected chi connectivity index (χ3v) is 2.13. The highest BCUT2D eigenvalue weighted by atomic mass is 35.5. The number of nitrogens with zero attached hydrogens (tertiary/aromatic N) is 3. The summed E-state index contributed by atoms with van der Waals surface area (Å²) in [6, 6.07) is 0. The van der Waals surface area contributed by atoms with E-state index in [1.165, 1.54) is 6.20 Å². The Morgan fingerprint density at radius 1 is 1.47 bits per heavy atom. The molecule has 15 heavy (non-hydrogen) atoms. The van der Waals surface area contributed by atoms with Crippen molar-refractivity contribution in [1.29, 1.82) is 0 Å². The van der Waals surface area contributed by atoms with Crippen molar-refractivity contribution in [3.05, 3.63) is 30.1 Å². The highest BCUT2D eigenvalue weighted by Gasteiger charge is 2.09. The van der Waals surface area contributed by atoms with Gasteiger partial charge in [0, 0.05) is 6.20 Å². The Morgan fingerprint density at radius 3 is 2.87 bits per heavy atom. The number of anilines is 1. The average Bonchev–Trinajstić information content (AvgIpc) is 2.64. The average molecular weight is 225 g/mol. The van der Waals surface area contributed by atoms with E-state index < -0.39 is 0 Å². The van der Waals surface area contributed by atoms with Crippen LogP contribution in [0.15, 0.2) is 24.9 Å². The van der Waals surface area contributed by atoms with Crippen LogP contribution in [0.3, 0.4) is 0 Å². The first-order valence-electron chi connectivity index (χ1n) is 4.19. The maximum absolute atomic E-state index is 5.72. The van der Waals surface area contributed by atoms with Crippen LogP contribution >= 0.6 is 11.6 Å². The molecule has 0 aliphatic rings. The zero-order chi connectivity index (χ0) is 10.8. The van der Waals surface area contributed by atoms with Gasteiger partial charge in [-0.2, -0.15) is 0 Å². The number of halogens is 1. The van der Waals surface area contributed by atoms with Crippen molar-refractivity contribution in [2.24, 2.45) is 0 Å². The van der Waals surface area contributed by atoms with Crippen LogP contribution in [0, 0.1) is 0 Å². The molecule has 5 nitrogen and oxygen atoms in total.